The highest BCUT2D eigenvalue weighted by atomic mass is 16.6. The van der Waals surface area contributed by atoms with Crippen LogP contribution in [0.15, 0.2) is 30.7 Å². The van der Waals surface area contributed by atoms with Crippen molar-refractivity contribution in [3.05, 3.63) is 42.2 Å². The number of esters is 1. The third-order valence-electron chi connectivity index (χ3n) is 8.26. The van der Waals surface area contributed by atoms with E-state index in [1.807, 2.05) is 22.7 Å². The number of nitrogens with zero attached hydrogens (tertiary/aromatic N) is 5. The first kappa shape index (κ1) is 27.2. The Morgan fingerprint density at radius 2 is 2.03 bits per heavy atom. The second-order valence-electron chi connectivity index (χ2n) is 11.5. The third-order valence-corrected chi connectivity index (χ3v) is 8.26. The Hall–Kier alpha value is -3.36. The van der Waals surface area contributed by atoms with E-state index >= 15 is 0 Å². The highest BCUT2D eigenvalue weighted by molar-refractivity contribution is 5.79. The van der Waals surface area contributed by atoms with Crippen LogP contribution in [0.3, 0.4) is 0 Å². The molecule has 1 aliphatic carbocycles. The van der Waals surface area contributed by atoms with E-state index in [1.54, 1.807) is 12.4 Å². The molecule has 9 heteroatoms. The fraction of sp³-hybridized carbons (Fsp3) is 0.600. The molecule has 3 aromatic heterocycles. The number of carbonyl (C=O) groups excluding carboxylic acids is 2. The lowest BCUT2D eigenvalue weighted by Crippen LogP contribution is -2.45. The van der Waals surface area contributed by atoms with Gasteiger partial charge >= 0.3 is 5.97 Å². The van der Waals surface area contributed by atoms with Crippen molar-refractivity contribution in [1.82, 2.24) is 29.9 Å². The summed E-state index contributed by atoms with van der Waals surface area (Å²) in [5.41, 5.74) is 3.20. The largest absolute Gasteiger partial charge is 0.460 e. The molecule has 1 amide bonds. The zero-order chi connectivity index (χ0) is 27.4. The van der Waals surface area contributed by atoms with Crippen molar-refractivity contribution < 1.29 is 14.3 Å². The van der Waals surface area contributed by atoms with Crippen molar-refractivity contribution in [3.8, 4) is 11.3 Å². The number of ether oxygens (including phenoxy) is 1. The molecule has 39 heavy (non-hydrogen) atoms. The van der Waals surface area contributed by atoms with Gasteiger partial charge in [-0.15, -0.1) is 10.2 Å². The maximum Gasteiger partial charge on any atom is 0.309 e. The molecule has 9 nitrogen and oxygen atoms in total. The molecule has 0 radical (unpaired) electrons. The Balaban J connectivity index is 1.37. The third kappa shape index (κ3) is 6.28. The van der Waals surface area contributed by atoms with Crippen LogP contribution in [-0.2, 0) is 27.2 Å². The molecule has 1 saturated carbocycles. The van der Waals surface area contributed by atoms with Gasteiger partial charge in [-0.3, -0.25) is 19.0 Å². The summed E-state index contributed by atoms with van der Waals surface area (Å²) in [5, 5.41) is 12.0. The van der Waals surface area contributed by atoms with E-state index in [0.717, 1.165) is 36.2 Å². The standard InChI is InChI=1S/C30H40N6O3/c1-4-9-23-29-35-34-27(36(29)18-25(32-23)21-12-8-13-31-17-21)16-28(37)33-24(14-20-10-6-5-7-11-20)26-15-22(19(2)3)30(38)39-26/h8,12-13,17-20,22,24,26H,4-7,9-11,14-16H2,1-3H3,(H,33,37)/t22-,24+,26+/m1/s1. The summed E-state index contributed by atoms with van der Waals surface area (Å²) in [4.78, 5) is 35.1. The fourth-order valence-electron chi connectivity index (χ4n) is 6.09. The predicted octanol–water partition coefficient (Wildman–Crippen LogP) is 4.72. The number of hydrogen-bond donors (Lipinski definition) is 1. The molecule has 0 aromatic carbocycles. The number of aromatic nitrogens is 5. The average Bonchev–Trinajstić information content (AvgIpc) is 3.53. The van der Waals surface area contributed by atoms with Crippen LogP contribution < -0.4 is 5.32 Å². The fourth-order valence-corrected chi connectivity index (χ4v) is 6.09. The Labute approximate surface area is 230 Å². The van der Waals surface area contributed by atoms with E-state index in [0.29, 0.717) is 23.8 Å². The van der Waals surface area contributed by atoms with E-state index in [9.17, 15) is 9.59 Å². The summed E-state index contributed by atoms with van der Waals surface area (Å²) >= 11 is 0. The zero-order valence-electron chi connectivity index (χ0n) is 23.3. The summed E-state index contributed by atoms with van der Waals surface area (Å²) in [6.45, 7) is 6.22. The highest BCUT2D eigenvalue weighted by Crippen LogP contribution is 2.34. The quantitative estimate of drug-likeness (QED) is 0.376. The van der Waals surface area contributed by atoms with Crippen LogP contribution >= 0.6 is 0 Å². The van der Waals surface area contributed by atoms with Crippen molar-refractivity contribution >= 4 is 17.5 Å². The van der Waals surface area contributed by atoms with Gasteiger partial charge in [-0.05, 0) is 43.2 Å². The lowest BCUT2D eigenvalue weighted by atomic mass is 9.82. The maximum atomic E-state index is 13.5. The molecule has 4 heterocycles. The van der Waals surface area contributed by atoms with Gasteiger partial charge in [-0.2, -0.15) is 0 Å². The highest BCUT2D eigenvalue weighted by Gasteiger charge is 2.41. The molecular formula is C30H40N6O3. The number of aryl methyl sites for hydroxylation is 1. The molecule has 0 spiro atoms. The van der Waals surface area contributed by atoms with E-state index < -0.39 is 0 Å². The van der Waals surface area contributed by atoms with E-state index in [4.69, 9.17) is 9.72 Å². The first-order valence-corrected chi connectivity index (χ1v) is 14.6. The predicted molar refractivity (Wildman–Crippen MR) is 148 cm³/mol. The molecule has 3 aromatic rings. The Morgan fingerprint density at radius 1 is 1.21 bits per heavy atom. The van der Waals surface area contributed by atoms with Crippen molar-refractivity contribution in [2.75, 3.05) is 0 Å². The molecule has 208 valence electrons. The van der Waals surface area contributed by atoms with Gasteiger partial charge in [0, 0.05) is 24.2 Å². The average molecular weight is 533 g/mol. The summed E-state index contributed by atoms with van der Waals surface area (Å²) < 4.78 is 7.74. The zero-order valence-corrected chi connectivity index (χ0v) is 23.3. The van der Waals surface area contributed by atoms with Gasteiger partial charge in [0.05, 0.1) is 29.8 Å². The van der Waals surface area contributed by atoms with Crippen LogP contribution in [0, 0.1) is 17.8 Å². The number of pyridine rings is 1. The molecule has 5 rings (SSSR count). The normalized spacial score (nSPS) is 20.9. The number of carbonyl (C=O) groups is 2. The number of rotatable bonds is 10. The minimum Gasteiger partial charge on any atom is -0.460 e. The molecule has 3 atom stereocenters. The van der Waals surface area contributed by atoms with Gasteiger partial charge in [0.1, 0.15) is 11.9 Å². The molecule has 2 fully saturated rings. The van der Waals surface area contributed by atoms with Crippen LogP contribution in [0.1, 0.15) is 83.7 Å². The van der Waals surface area contributed by atoms with Crippen LogP contribution in [0.5, 0.6) is 0 Å². The van der Waals surface area contributed by atoms with Crippen molar-refractivity contribution in [1.29, 1.82) is 0 Å². The lowest BCUT2D eigenvalue weighted by molar-refractivity contribution is -0.147. The van der Waals surface area contributed by atoms with Gasteiger partial charge < -0.3 is 10.1 Å². The van der Waals surface area contributed by atoms with Crippen molar-refractivity contribution in [2.24, 2.45) is 17.8 Å². The molecule has 2 aliphatic rings. The maximum absolute atomic E-state index is 13.5. The Bertz CT molecular complexity index is 1280. The molecule has 0 unspecified atom stereocenters. The first-order valence-electron chi connectivity index (χ1n) is 14.6. The SMILES string of the molecule is CCCc1nc(-c2cccnc2)cn2c(CC(=O)N[C@@H](CC3CCCCC3)[C@@H]3C[C@H](C(C)C)C(=O)O3)nnc12. The summed E-state index contributed by atoms with van der Waals surface area (Å²) in [6, 6.07) is 3.65. The second kappa shape index (κ2) is 12.2. The number of fused-ring (bicyclic) bond motifs is 1. The number of nitrogens with one attached hydrogen (secondary N) is 1. The molecule has 1 N–H and O–H groups in total. The monoisotopic (exact) mass is 532 g/mol. The van der Waals surface area contributed by atoms with E-state index in [-0.39, 0.29) is 42.3 Å². The summed E-state index contributed by atoms with van der Waals surface area (Å²) in [7, 11) is 0. The second-order valence-corrected chi connectivity index (χ2v) is 11.5. The molecule has 1 saturated heterocycles. The minimum absolute atomic E-state index is 0.0820. The number of cyclic esters (lactones) is 1. The molecular weight excluding hydrogens is 492 g/mol. The van der Waals surface area contributed by atoms with Crippen molar-refractivity contribution in [3.63, 3.8) is 0 Å². The van der Waals surface area contributed by atoms with Crippen LogP contribution in [0.25, 0.3) is 16.9 Å². The van der Waals surface area contributed by atoms with Gasteiger partial charge in [-0.25, -0.2) is 4.98 Å². The molecule has 0 bridgehead atoms. The van der Waals surface area contributed by atoms with Gasteiger partial charge in [0.2, 0.25) is 5.91 Å². The van der Waals surface area contributed by atoms with Crippen LogP contribution in [-0.4, -0.2) is 48.6 Å². The summed E-state index contributed by atoms with van der Waals surface area (Å²) in [6.07, 6.45) is 14.4. The topological polar surface area (TPSA) is 111 Å². The van der Waals surface area contributed by atoms with Gasteiger partial charge in [-0.1, -0.05) is 59.3 Å². The van der Waals surface area contributed by atoms with Crippen LogP contribution in [0.2, 0.25) is 0 Å². The minimum atomic E-state index is -0.288. The van der Waals surface area contributed by atoms with Gasteiger partial charge in [0.15, 0.2) is 5.65 Å². The van der Waals surface area contributed by atoms with E-state index in [1.165, 1.54) is 32.1 Å². The summed E-state index contributed by atoms with van der Waals surface area (Å²) in [5.74, 6) is 0.936. The first-order chi connectivity index (χ1) is 18.9. The lowest BCUT2D eigenvalue weighted by Gasteiger charge is -2.30. The Morgan fingerprint density at radius 3 is 2.72 bits per heavy atom. The van der Waals surface area contributed by atoms with Crippen molar-refractivity contribution in [2.45, 2.75) is 97.1 Å². The number of amides is 1. The molecule has 1 aliphatic heterocycles. The Kier molecular flexibility index (Phi) is 8.53. The smallest absolute Gasteiger partial charge is 0.309 e. The number of hydrogen-bond acceptors (Lipinski definition) is 7. The van der Waals surface area contributed by atoms with E-state index in [2.05, 4.69) is 41.3 Å². The van der Waals surface area contributed by atoms with Gasteiger partial charge in [0.25, 0.3) is 0 Å². The van der Waals surface area contributed by atoms with Crippen LogP contribution in [0.4, 0.5) is 0 Å².